The molecule has 0 saturated carbocycles. The van der Waals surface area contributed by atoms with Crippen molar-refractivity contribution in [1.82, 2.24) is 0 Å². The first-order chi connectivity index (χ1) is 15.1. The number of benzene rings is 2. The van der Waals surface area contributed by atoms with Crippen LogP contribution in [0.15, 0.2) is 70.6 Å². The van der Waals surface area contributed by atoms with Gasteiger partial charge in [-0.25, -0.2) is 0 Å². The van der Waals surface area contributed by atoms with Gasteiger partial charge in [-0.15, -0.1) is 0 Å². The summed E-state index contributed by atoms with van der Waals surface area (Å²) in [5.74, 6) is 0. The molecule has 0 aromatic heterocycles. The molecule has 2 aromatic rings. The predicted molar refractivity (Wildman–Crippen MR) is 121 cm³/mol. The summed E-state index contributed by atoms with van der Waals surface area (Å²) >= 11 is -0.106. The molecule has 0 radical (unpaired) electrons. The quantitative estimate of drug-likeness (QED) is 0.357. The van der Waals surface area contributed by atoms with E-state index in [0.29, 0.717) is 0 Å². The zero-order chi connectivity index (χ0) is 22.6. The molecule has 2 unspecified atom stereocenters. The van der Waals surface area contributed by atoms with Crippen LogP contribution in [0.25, 0.3) is 0 Å². The molecule has 0 spiro atoms. The Balaban J connectivity index is 0.000000196. The van der Waals surface area contributed by atoms with Crippen molar-refractivity contribution < 1.29 is 34.9 Å². The standard InChI is InChI=1S/2C11H13NO2.2ClH.Pd/c2*1-13-11(14-2)10-9(12-10)8-6-4-3-5-7-8;;;/h2*3-7,10-11H,1-2H3;2*1H;/q;;;;+2/p-2. The first-order valence-electron chi connectivity index (χ1n) is 9.34. The molecule has 6 nitrogen and oxygen atoms in total. The Morgan fingerprint density at radius 3 is 1.19 bits per heavy atom. The molecule has 31 heavy (non-hydrogen) atoms. The molecule has 9 heteroatoms. The molecule has 2 aliphatic rings. The van der Waals surface area contributed by atoms with Crippen molar-refractivity contribution in [3.8, 4) is 0 Å². The van der Waals surface area contributed by atoms with Crippen LogP contribution in [0.2, 0.25) is 0 Å². The molecule has 2 atom stereocenters. The van der Waals surface area contributed by atoms with E-state index in [-0.39, 0.29) is 40.6 Å². The second-order valence-electron chi connectivity index (χ2n) is 6.38. The number of aliphatic imine (C=N–C) groups is 2. The number of methoxy groups -OCH3 is 4. The number of nitrogens with zero attached hydrogens (tertiary/aromatic N) is 2. The van der Waals surface area contributed by atoms with Gasteiger partial charge in [0.05, 0.1) is 11.4 Å². The molecule has 2 heterocycles. The minimum absolute atomic E-state index is 0.0763. The van der Waals surface area contributed by atoms with Crippen molar-refractivity contribution in [2.45, 2.75) is 24.7 Å². The summed E-state index contributed by atoms with van der Waals surface area (Å²) in [4.78, 5) is 8.67. The maximum atomic E-state index is 5.14. The van der Waals surface area contributed by atoms with E-state index in [1.807, 2.05) is 60.7 Å². The van der Waals surface area contributed by atoms with Crippen molar-refractivity contribution >= 4 is 30.5 Å². The molecular formula is C22H26Cl2N2O4Pd. The Bertz CT molecular complexity index is 762. The van der Waals surface area contributed by atoms with Crippen molar-refractivity contribution in [2.24, 2.45) is 9.98 Å². The van der Waals surface area contributed by atoms with Crippen LogP contribution in [0.4, 0.5) is 0 Å². The van der Waals surface area contributed by atoms with Gasteiger partial charge in [-0.2, -0.15) is 0 Å². The van der Waals surface area contributed by atoms with Crippen LogP contribution >= 0.6 is 19.1 Å². The number of rotatable bonds is 8. The Hall–Kier alpha value is -1.14. The average molecular weight is 560 g/mol. The summed E-state index contributed by atoms with van der Waals surface area (Å²) < 4.78 is 20.6. The zero-order valence-electron chi connectivity index (χ0n) is 17.7. The third-order valence-electron chi connectivity index (χ3n) is 4.57. The molecule has 0 N–H and O–H groups in total. The van der Waals surface area contributed by atoms with E-state index < -0.39 is 0 Å². The van der Waals surface area contributed by atoms with E-state index in [0.717, 1.165) is 22.6 Å². The first kappa shape index (κ1) is 26.1. The van der Waals surface area contributed by atoms with E-state index in [2.05, 4.69) is 9.98 Å². The predicted octanol–water partition coefficient (Wildman–Crippen LogP) is 4.33. The van der Waals surface area contributed by atoms with E-state index in [1.165, 1.54) is 0 Å². The van der Waals surface area contributed by atoms with E-state index in [4.69, 9.17) is 38.0 Å². The zero-order valence-corrected chi connectivity index (χ0v) is 20.7. The van der Waals surface area contributed by atoms with Crippen LogP contribution in [0, 0.1) is 0 Å². The number of ether oxygens (including phenoxy) is 4. The monoisotopic (exact) mass is 558 g/mol. The third-order valence-corrected chi connectivity index (χ3v) is 4.57. The summed E-state index contributed by atoms with van der Waals surface area (Å²) in [5, 5.41) is 0. The average Bonchev–Trinajstić information content (AvgIpc) is 3.73. The molecule has 0 fully saturated rings. The number of halogens is 2. The van der Waals surface area contributed by atoms with Crippen molar-refractivity contribution in [3.63, 3.8) is 0 Å². The van der Waals surface area contributed by atoms with Crippen LogP contribution < -0.4 is 0 Å². The van der Waals surface area contributed by atoms with E-state index >= 15 is 0 Å². The van der Waals surface area contributed by atoms with E-state index in [1.54, 1.807) is 28.4 Å². The van der Waals surface area contributed by atoms with Crippen molar-refractivity contribution in [3.05, 3.63) is 71.8 Å². The summed E-state index contributed by atoms with van der Waals surface area (Å²) in [6.45, 7) is 0. The van der Waals surface area contributed by atoms with Crippen LogP contribution in [-0.4, -0.2) is 64.5 Å². The normalized spacial score (nSPS) is 18.5. The second-order valence-corrected chi connectivity index (χ2v) is 8.74. The van der Waals surface area contributed by atoms with Gasteiger partial charge in [-0.1, -0.05) is 60.7 Å². The first-order valence-corrected chi connectivity index (χ1v) is 13.3. The Morgan fingerprint density at radius 1 is 0.645 bits per heavy atom. The SMILES string of the molecule is COC(OC)C1N=C1c1ccccc1.COC(OC)C1N=C1c1ccccc1.[Cl][Pd][Cl]. The van der Waals surface area contributed by atoms with Crippen LogP contribution in [-0.2, 0) is 34.9 Å². The molecule has 0 saturated heterocycles. The second kappa shape index (κ2) is 14.1. The van der Waals surface area contributed by atoms with Crippen molar-refractivity contribution in [2.75, 3.05) is 28.4 Å². The summed E-state index contributed by atoms with van der Waals surface area (Å²) in [6.07, 6.45) is -0.490. The Labute approximate surface area is 199 Å². The van der Waals surface area contributed by atoms with Gasteiger partial charge in [0.2, 0.25) is 0 Å². The van der Waals surface area contributed by atoms with Gasteiger partial charge in [0.1, 0.15) is 12.1 Å². The van der Waals surface area contributed by atoms with Gasteiger partial charge in [0.25, 0.3) is 0 Å². The number of hydrogen-bond acceptors (Lipinski definition) is 6. The Morgan fingerprint density at radius 2 is 0.935 bits per heavy atom. The molecular weight excluding hydrogens is 534 g/mol. The summed E-state index contributed by atoms with van der Waals surface area (Å²) in [6, 6.07) is 20.3. The maximum absolute atomic E-state index is 5.14. The van der Waals surface area contributed by atoms with Gasteiger partial charge in [-0.3, -0.25) is 9.98 Å². The third kappa shape index (κ3) is 8.05. The molecule has 4 rings (SSSR count). The molecule has 0 aliphatic carbocycles. The van der Waals surface area contributed by atoms with Crippen LogP contribution in [0.1, 0.15) is 11.1 Å². The van der Waals surface area contributed by atoms with Gasteiger partial charge in [0.15, 0.2) is 12.6 Å². The Kier molecular flexibility index (Phi) is 11.9. The van der Waals surface area contributed by atoms with Gasteiger partial charge in [0, 0.05) is 28.4 Å². The topological polar surface area (TPSA) is 61.6 Å². The fraction of sp³-hybridized carbons (Fsp3) is 0.364. The molecule has 0 amide bonds. The number of hydrogen-bond donors (Lipinski definition) is 0. The summed E-state index contributed by atoms with van der Waals surface area (Å²) in [5.41, 5.74) is 4.44. The fourth-order valence-corrected chi connectivity index (χ4v) is 3.02. The van der Waals surface area contributed by atoms with Crippen LogP contribution in [0.5, 0.6) is 0 Å². The van der Waals surface area contributed by atoms with Gasteiger partial charge in [-0.05, 0) is 11.1 Å². The van der Waals surface area contributed by atoms with E-state index in [9.17, 15) is 0 Å². The molecule has 2 aromatic carbocycles. The van der Waals surface area contributed by atoms with Gasteiger partial charge < -0.3 is 18.9 Å². The van der Waals surface area contributed by atoms with Crippen LogP contribution in [0.3, 0.4) is 0 Å². The fourth-order valence-electron chi connectivity index (χ4n) is 3.02. The summed E-state index contributed by atoms with van der Waals surface area (Å²) in [7, 11) is 16.1. The van der Waals surface area contributed by atoms with Gasteiger partial charge >= 0.3 is 35.0 Å². The molecule has 172 valence electrons. The molecule has 2 aliphatic heterocycles. The molecule has 0 bridgehead atoms. The van der Waals surface area contributed by atoms with Crippen molar-refractivity contribution in [1.29, 1.82) is 0 Å². The minimum atomic E-state index is -0.245.